The predicted octanol–water partition coefficient (Wildman–Crippen LogP) is 2.74. The molecular formula is C18H20N4O. The number of nitrogens with zero attached hydrogens (tertiary/aromatic N) is 1. The van der Waals surface area contributed by atoms with Crippen molar-refractivity contribution in [3.8, 4) is 0 Å². The monoisotopic (exact) mass is 308 g/mol. The van der Waals surface area contributed by atoms with Crippen molar-refractivity contribution in [2.45, 2.75) is 19.9 Å². The van der Waals surface area contributed by atoms with Gasteiger partial charge in [0.15, 0.2) is 0 Å². The molecule has 118 valence electrons. The highest BCUT2D eigenvalue weighted by atomic mass is 16.2. The molecule has 0 saturated heterocycles. The average molecular weight is 308 g/mol. The van der Waals surface area contributed by atoms with Crippen molar-refractivity contribution < 1.29 is 4.79 Å². The molecule has 5 heteroatoms. The molecule has 3 rings (SSSR count). The van der Waals surface area contributed by atoms with Gasteiger partial charge < -0.3 is 11.1 Å². The van der Waals surface area contributed by atoms with E-state index in [4.69, 9.17) is 5.73 Å². The van der Waals surface area contributed by atoms with Crippen LogP contribution in [0.5, 0.6) is 0 Å². The molecule has 1 aliphatic rings. The number of nitrogens with one attached hydrogen (secondary N) is 2. The number of carbonyl (C=O) groups is 1. The van der Waals surface area contributed by atoms with Gasteiger partial charge in [-0.3, -0.25) is 4.79 Å². The summed E-state index contributed by atoms with van der Waals surface area (Å²) >= 11 is 0. The molecule has 0 aliphatic carbocycles. The van der Waals surface area contributed by atoms with Gasteiger partial charge in [-0.2, -0.15) is 5.10 Å². The van der Waals surface area contributed by atoms with Crippen LogP contribution in [0.15, 0.2) is 53.6 Å². The number of hydrogen-bond acceptors (Lipinski definition) is 4. The number of rotatable bonds is 4. The van der Waals surface area contributed by atoms with E-state index < -0.39 is 0 Å². The van der Waals surface area contributed by atoms with Crippen molar-refractivity contribution in [3.05, 3.63) is 59.7 Å². The minimum absolute atomic E-state index is 0.0460. The van der Waals surface area contributed by atoms with Gasteiger partial charge in [0.2, 0.25) is 5.91 Å². The van der Waals surface area contributed by atoms with Crippen LogP contribution in [-0.2, 0) is 11.3 Å². The van der Waals surface area contributed by atoms with E-state index >= 15 is 0 Å². The molecule has 0 unspecified atom stereocenters. The summed E-state index contributed by atoms with van der Waals surface area (Å²) in [5.41, 5.74) is 13.3. The fourth-order valence-electron chi connectivity index (χ4n) is 2.68. The Morgan fingerprint density at radius 3 is 2.74 bits per heavy atom. The smallest absolute Gasteiger partial charge is 0.240 e. The Bertz CT molecular complexity index is 740. The van der Waals surface area contributed by atoms with Crippen molar-refractivity contribution in [1.82, 2.24) is 5.43 Å². The topological polar surface area (TPSA) is 79.5 Å². The van der Waals surface area contributed by atoms with Crippen molar-refractivity contribution in [2.75, 3.05) is 11.1 Å². The zero-order valence-corrected chi connectivity index (χ0v) is 13.0. The molecule has 2 aromatic rings. The van der Waals surface area contributed by atoms with Gasteiger partial charge in [-0.1, -0.05) is 43.3 Å². The van der Waals surface area contributed by atoms with E-state index in [0.29, 0.717) is 12.1 Å². The molecule has 0 fully saturated rings. The van der Waals surface area contributed by atoms with Crippen molar-refractivity contribution in [3.63, 3.8) is 0 Å². The third-order valence-corrected chi connectivity index (χ3v) is 3.93. The molecule has 1 heterocycles. The van der Waals surface area contributed by atoms with E-state index in [9.17, 15) is 4.79 Å². The van der Waals surface area contributed by atoms with Crippen LogP contribution in [0.1, 0.15) is 24.5 Å². The standard InChI is InChI=1S/C18H20N4O/c1-12-9-17(23)21-22-18(12)14-7-8-16(15(19)10-14)20-11-13-5-3-2-4-6-13/h2-8,10,12,20H,9,11,19H2,1H3,(H,21,23)/t12-/m1/s1. The van der Waals surface area contributed by atoms with Crippen LogP contribution in [0.2, 0.25) is 0 Å². The van der Waals surface area contributed by atoms with E-state index in [1.165, 1.54) is 5.56 Å². The van der Waals surface area contributed by atoms with E-state index in [1.54, 1.807) is 0 Å². The highest BCUT2D eigenvalue weighted by Crippen LogP contribution is 2.24. The molecule has 0 spiro atoms. The molecule has 0 radical (unpaired) electrons. The first-order chi connectivity index (χ1) is 11.1. The quantitative estimate of drug-likeness (QED) is 0.760. The molecule has 23 heavy (non-hydrogen) atoms. The Kier molecular flexibility index (Phi) is 4.28. The molecule has 1 amide bonds. The summed E-state index contributed by atoms with van der Waals surface area (Å²) in [6.45, 7) is 2.72. The maximum atomic E-state index is 11.3. The maximum Gasteiger partial charge on any atom is 0.240 e. The lowest BCUT2D eigenvalue weighted by Gasteiger charge is -2.20. The van der Waals surface area contributed by atoms with Gasteiger partial charge in [0.25, 0.3) is 0 Å². The van der Waals surface area contributed by atoms with Gasteiger partial charge in [-0.25, -0.2) is 5.43 Å². The predicted molar refractivity (Wildman–Crippen MR) is 93.1 cm³/mol. The number of hydrazone groups is 1. The third-order valence-electron chi connectivity index (χ3n) is 3.93. The van der Waals surface area contributed by atoms with Crippen LogP contribution in [0.4, 0.5) is 11.4 Å². The molecule has 4 N–H and O–H groups in total. The molecular weight excluding hydrogens is 288 g/mol. The Hall–Kier alpha value is -2.82. The molecule has 0 aromatic heterocycles. The van der Waals surface area contributed by atoms with Crippen LogP contribution in [-0.4, -0.2) is 11.6 Å². The van der Waals surface area contributed by atoms with Crippen molar-refractivity contribution in [2.24, 2.45) is 11.0 Å². The lowest BCUT2D eigenvalue weighted by molar-refractivity contribution is -0.121. The second-order valence-corrected chi connectivity index (χ2v) is 5.78. The zero-order chi connectivity index (χ0) is 16.2. The largest absolute Gasteiger partial charge is 0.397 e. The van der Waals surface area contributed by atoms with E-state index in [1.807, 2.05) is 43.3 Å². The van der Waals surface area contributed by atoms with Gasteiger partial charge in [0.05, 0.1) is 17.1 Å². The zero-order valence-electron chi connectivity index (χ0n) is 13.0. The Balaban J connectivity index is 1.74. The minimum atomic E-state index is -0.0460. The number of anilines is 2. The number of benzene rings is 2. The Labute approximate surface area is 135 Å². The van der Waals surface area contributed by atoms with E-state index in [0.717, 1.165) is 23.5 Å². The average Bonchev–Trinajstić information content (AvgIpc) is 2.55. The number of carbonyl (C=O) groups excluding carboxylic acids is 1. The first-order valence-electron chi connectivity index (χ1n) is 7.67. The summed E-state index contributed by atoms with van der Waals surface area (Å²) < 4.78 is 0. The van der Waals surface area contributed by atoms with Gasteiger partial charge in [-0.15, -0.1) is 0 Å². The van der Waals surface area contributed by atoms with Gasteiger partial charge >= 0.3 is 0 Å². The second-order valence-electron chi connectivity index (χ2n) is 5.78. The summed E-state index contributed by atoms with van der Waals surface area (Å²) in [4.78, 5) is 11.3. The fraction of sp³-hybridized carbons (Fsp3) is 0.222. The highest BCUT2D eigenvalue weighted by Gasteiger charge is 2.21. The van der Waals surface area contributed by atoms with Crippen LogP contribution in [0.3, 0.4) is 0 Å². The van der Waals surface area contributed by atoms with Crippen molar-refractivity contribution >= 4 is 23.0 Å². The van der Waals surface area contributed by atoms with Gasteiger partial charge in [0, 0.05) is 24.4 Å². The molecule has 5 nitrogen and oxygen atoms in total. The van der Waals surface area contributed by atoms with Gasteiger partial charge in [-0.05, 0) is 17.7 Å². The first-order valence-corrected chi connectivity index (χ1v) is 7.67. The number of nitrogen functional groups attached to an aromatic ring is 1. The van der Waals surface area contributed by atoms with Gasteiger partial charge in [0.1, 0.15) is 0 Å². The molecule has 0 bridgehead atoms. The van der Waals surface area contributed by atoms with Crippen LogP contribution >= 0.6 is 0 Å². The maximum absolute atomic E-state index is 11.3. The highest BCUT2D eigenvalue weighted by molar-refractivity contribution is 6.06. The van der Waals surface area contributed by atoms with Crippen LogP contribution < -0.4 is 16.5 Å². The summed E-state index contributed by atoms with van der Waals surface area (Å²) in [5, 5.41) is 7.51. The molecule has 1 atom stereocenters. The second kappa shape index (κ2) is 6.52. The van der Waals surface area contributed by atoms with E-state index in [2.05, 4.69) is 28.0 Å². The SMILES string of the molecule is C[C@@H]1CC(=O)NN=C1c1ccc(NCc2ccccc2)c(N)c1. The Morgan fingerprint density at radius 1 is 1.26 bits per heavy atom. The van der Waals surface area contributed by atoms with E-state index in [-0.39, 0.29) is 11.8 Å². The summed E-state index contributed by atoms with van der Waals surface area (Å²) in [7, 11) is 0. The number of nitrogens with two attached hydrogens (primary N) is 1. The number of amides is 1. The van der Waals surface area contributed by atoms with Crippen LogP contribution in [0.25, 0.3) is 0 Å². The molecule has 1 aliphatic heterocycles. The first kappa shape index (κ1) is 15.1. The van der Waals surface area contributed by atoms with Crippen LogP contribution in [0, 0.1) is 5.92 Å². The fourth-order valence-corrected chi connectivity index (χ4v) is 2.68. The third kappa shape index (κ3) is 3.51. The minimum Gasteiger partial charge on any atom is -0.397 e. The Morgan fingerprint density at radius 2 is 2.04 bits per heavy atom. The lowest BCUT2D eigenvalue weighted by Crippen LogP contribution is -2.32. The lowest BCUT2D eigenvalue weighted by atomic mass is 9.93. The molecule has 0 saturated carbocycles. The number of hydrogen-bond donors (Lipinski definition) is 3. The summed E-state index contributed by atoms with van der Waals surface area (Å²) in [5.74, 6) is 0.0432. The summed E-state index contributed by atoms with van der Waals surface area (Å²) in [6, 6.07) is 16.0. The normalized spacial score (nSPS) is 17.3. The summed E-state index contributed by atoms with van der Waals surface area (Å²) in [6.07, 6.45) is 0.451. The molecule has 2 aromatic carbocycles. The van der Waals surface area contributed by atoms with Crippen molar-refractivity contribution in [1.29, 1.82) is 0 Å².